The molecule has 0 aliphatic heterocycles. The average Bonchev–Trinajstić information content (AvgIpc) is 2.47. The van der Waals surface area contributed by atoms with Gasteiger partial charge in [0.05, 0.1) is 12.7 Å². The van der Waals surface area contributed by atoms with Gasteiger partial charge in [-0.05, 0) is 37.1 Å². The van der Waals surface area contributed by atoms with Crippen molar-refractivity contribution in [3.8, 4) is 11.5 Å². The molecule has 0 bridgehead atoms. The van der Waals surface area contributed by atoms with Crippen LogP contribution in [0, 0.1) is 0 Å². The van der Waals surface area contributed by atoms with Gasteiger partial charge in [-0.2, -0.15) is 0 Å². The third-order valence-corrected chi connectivity index (χ3v) is 3.12. The Morgan fingerprint density at radius 1 is 1.05 bits per heavy atom. The lowest BCUT2D eigenvalue weighted by Gasteiger charge is -2.13. The predicted octanol–water partition coefficient (Wildman–Crippen LogP) is 3.72. The summed E-state index contributed by atoms with van der Waals surface area (Å²) in [7, 11) is 1.70. The third-order valence-electron chi connectivity index (χ3n) is 3.12. The SMILES string of the molecule is COCCc1ccc(Oc2ccccc2[C@H](C)O)cc1. The highest BCUT2D eigenvalue weighted by Crippen LogP contribution is 2.29. The monoisotopic (exact) mass is 272 g/mol. The Labute approximate surface area is 119 Å². The van der Waals surface area contributed by atoms with Crippen molar-refractivity contribution >= 4 is 0 Å². The Hall–Kier alpha value is -1.84. The molecule has 0 aromatic heterocycles. The second-order valence-corrected chi connectivity index (χ2v) is 4.70. The minimum Gasteiger partial charge on any atom is -0.457 e. The number of methoxy groups -OCH3 is 1. The van der Waals surface area contributed by atoms with Gasteiger partial charge in [-0.3, -0.25) is 0 Å². The smallest absolute Gasteiger partial charge is 0.133 e. The highest BCUT2D eigenvalue weighted by atomic mass is 16.5. The second-order valence-electron chi connectivity index (χ2n) is 4.70. The maximum Gasteiger partial charge on any atom is 0.133 e. The lowest BCUT2D eigenvalue weighted by molar-refractivity contribution is 0.195. The van der Waals surface area contributed by atoms with E-state index in [4.69, 9.17) is 9.47 Å². The van der Waals surface area contributed by atoms with Crippen molar-refractivity contribution in [2.45, 2.75) is 19.4 Å². The van der Waals surface area contributed by atoms with Crippen LogP contribution in [0.4, 0.5) is 0 Å². The highest BCUT2D eigenvalue weighted by Gasteiger charge is 2.08. The lowest BCUT2D eigenvalue weighted by atomic mass is 10.1. The van der Waals surface area contributed by atoms with Gasteiger partial charge in [0.2, 0.25) is 0 Å². The van der Waals surface area contributed by atoms with Crippen molar-refractivity contribution in [2.24, 2.45) is 0 Å². The van der Waals surface area contributed by atoms with Crippen molar-refractivity contribution < 1.29 is 14.6 Å². The molecule has 1 atom stereocenters. The maximum atomic E-state index is 9.73. The van der Waals surface area contributed by atoms with Crippen LogP contribution in [-0.4, -0.2) is 18.8 Å². The van der Waals surface area contributed by atoms with Gasteiger partial charge in [0.1, 0.15) is 11.5 Å². The zero-order valence-electron chi connectivity index (χ0n) is 11.9. The molecule has 0 unspecified atom stereocenters. The highest BCUT2D eigenvalue weighted by molar-refractivity contribution is 5.39. The molecule has 0 aliphatic carbocycles. The van der Waals surface area contributed by atoms with Gasteiger partial charge in [-0.25, -0.2) is 0 Å². The van der Waals surface area contributed by atoms with Gasteiger partial charge in [0.25, 0.3) is 0 Å². The summed E-state index contributed by atoms with van der Waals surface area (Å²) in [4.78, 5) is 0. The Morgan fingerprint density at radius 2 is 1.75 bits per heavy atom. The second kappa shape index (κ2) is 7.08. The van der Waals surface area contributed by atoms with E-state index in [1.165, 1.54) is 5.56 Å². The largest absolute Gasteiger partial charge is 0.457 e. The Kier molecular flexibility index (Phi) is 5.16. The zero-order valence-corrected chi connectivity index (χ0v) is 11.9. The van der Waals surface area contributed by atoms with Gasteiger partial charge in [0, 0.05) is 12.7 Å². The van der Waals surface area contributed by atoms with Crippen LogP contribution in [0.2, 0.25) is 0 Å². The van der Waals surface area contributed by atoms with E-state index in [9.17, 15) is 5.11 Å². The summed E-state index contributed by atoms with van der Waals surface area (Å²) >= 11 is 0. The molecule has 0 amide bonds. The first-order chi connectivity index (χ1) is 9.70. The lowest BCUT2D eigenvalue weighted by Crippen LogP contribution is -1.96. The Bertz CT molecular complexity index is 532. The number of benzene rings is 2. The first-order valence-corrected chi connectivity index (χ1v) is 6.73. The molecule has 0 spiro atoms. The molecule has 106 valence electrons. The minimum absolute atomic E-state index is 0.549. The van der Waals surface area contributed by atoms with Crippen LogP contribution in [0.5, 0.6) is 11.5 Å². The quantitative estimate of drug-likeness (QED) is 0.871. The normalized spacial score (nSPS) is 12.2. The van der Waals surface area contributed by atoms with Gasteiger partial charge in [-0.15, -0.1) is 0 Å². The van der Waals surface area contributed by atoms with Crippen LogP contribution in [0.15, 0.2) is 48.5 Å². The van der Waals surface area contributed by atoms with Gasteiger partial charge < -0.3 is 14.6 Å². The van der Waals surface area contributed by atoms with E-state index in [1.807, 2.05) is 48.5 Å². The van der Waals surface area contributed by atoms with Gasteiger partial charge in [0.15, 0.2) is 0 Å². The number of para-hydroxylation sites is 1. The van der Waals surface area contributed by atoms with E-state index in [0.717, 1.165) is 17.7 Å². The summed E-state index contributed by atoms with van der Waals surface area (Å²) in [5.74, 6) is 1.45. The molecule has 1 N–H and O–H groups in total. The van der Waals surface area contributed by atoms with Gasteiger partial charge >= 0.3 is 0 Å². The summed E-state index contributed by atoms with van der Waals surface area (Å²) in [6, 6.07) is 15.4. The van der Waals surface area contributed by atoms with Crippen LogP contribution in [0.3, 0.4) is 0 Å². The number of aliphatic hydroxyl groups excluding tert-OH is 1. The van der Waals surface area contributed by atoms with Crippen LogP contribution in [-0.2, 0) is 11.2 Å². The summed E-state index contributed by atoms with van der Waals surface area (Å²) in [5.41, 5.74) is 2.00. The van der Waals surface area contributed by atoms with E-state index in [-0.39, 0.29) is 0 Å². The molecule has 3 nitrogen and oxygen atoms in total. The molecular formula is C17H20O3. The van der Waals surface area contributed by atoms with E-state index >= 15 is 0 Å². The molecule has 0 saturated carbocycles. The molecule has 2 aromatic rings. The third kappa shape index (κ3) is 3.83. The van der Waals surface area contributed by atoms with Crippen LogP contribution in [0.25, 0.3) is 0 Å². The van der Waals surface area contributed by atoms with Crippen molar-refractivity contribution in [1.82, 2.24) is 0 Å². The molecule has 0 saturated heterocycles. The van der Waals surface area contributed by atoms with E-state index < -0.39 is 6.10 Å². The number of ether oxygens (including phenoxy) is 2. The standard InChI is InChI=1S/C17H20O3/c1-13(18)16-5-3-4-6-17(16)20-15-9-7-14(8-10-15)11-12-19-2/h3-10,13,18H,11-12H2,1-2H3/t13-/m0/s1. The fourth-order valence-corrected chi connectivity index (χ4v) is 1.99. The minimum atomic E-state index is -0.549. The number of rotatable bonds is 6. The van der Waals surface area contributed by atoms with E-state index in [2.05, 4.69) is 0 Å². The van der Waals surface area contributed by atoms with Crippen LogP contribution < -0.4 is 4.74 Å². The molecule has 3 heteroatoms. The van der Waals surface area contributed by atoms with Crippen molar-refractivity contribution in [3.63, 3.8) is 0 Å². The summed E-state index contributed by atoms with van der Waals surface area (Å²) in [6.07, 6.45) is 0.341. The van der Waals surface area contributed by atoms with Crippen molar-refractivity contribution in [1.29, 1.82) is 0 Å². The number of hydrogen-bond donors (Lipinski definition) is 1. The molecule has 0 aliphatic rings. The average molecular weight is 272 g/mol. The first kappa shape index (κ1) is 14.6. The maximum absolute atomic E-state index is 9.73. The fraction of sp³-hybridized carbons (Fsp3) is 0.294. The number of hydrogen-bond acceptors (Lipinski definition) is 3. The molecule has 0 heterocycles. The Morgan fingerprint density at radius 3 is 2.40 bits per heavy atom. The zero-order chi connectivity index (χ0) is 14.4. The van der Waals surface area contributed by atoms with Crippen LogP contribution >= 0.6 is 0 Å². The van der Waals surface area contributed by atoms with E-state index in [0.29, 0.717) is 12.4 Å². The summed E-state index contributed by atoms with van der Waals surface area (Å²) < 4.78 is 10.9. The topological polar surface area (TPSA) is 38.7 Å². The summed E-state index contributed by atoms with van der Waals surface area (Å²) in [6.45, 7) is 2.45. The van der Waals surface area contributed by atoms with Crippen molar-refractivity contribution in [2.75, 3.05) is 13.7 Å². The molecule has 2 aromatic carbocycles. The van der Waals surface area contributed by atoms with Crippen molar-refractivity contribution in [3.05, 3.63) is 59.7 Å². The van der Waals surface area contributed by atoms with Gasteiger partial charge in [-0.1, -0.05) is 30.3 Å². The van der Waals surface area contributed by atoms with Crippen LogP contribution in [0.1, 0.15) is 24.2 Å². The molecule has 2 rings (SSSR count). The molecular weight excluding hydrogens is 252 g/mol. The molecule has 20 heavy (non-hydrogen) atoms. The molecule has 0 fully saturated rings. The molecule has 0 radical (unpaired) electrons. The summed E-state index contributed by atoms with van der Waals surface area (Å²) in [5, 5.41) is 9.73. The van der Waals surface area contributed by atoms with E-state index in [1.54, 1.807) is 14.0 Å². The first-order valence-electron chi connectivity index (χ1n) is 6.73. The number of aliphatic hydroxyl groups is 1. The Balaban J connectivity index is 2.10. The fourth-order valence-electron chi connectivity index (χ4n) is 1.99. The predicted molar refractivity (Wildman–Crippen MR) is 79.2 cm³/mol.